The molecular formula is C19H18F2N6O. The molecule has 28 heavy (non-hydrogen) atoms. The van der Waals surface area contributed by atoms with Crippen molar-refractivity contribution in [2.75, 3.05) is 18.6 Å². The van der Waals surface area contributed by atoms with Crippen molar-refractivity contribution in [2.45, 2.75) is 13.0 Å². The molecule has 0 aliphatic rings. The molecule has 2 N–H and O–H groups in total. The zero-order valence-corrected chi connectivity index (χ0v) is 15.1. The number of benzene rings is 1. The summed E-state index contributed by atoms with van der Waals surface area (Å²) in [7, 11) is 0. The van der Waals surface area contributed by atoms with E-state index in [4.69, 9.17) is 4.74 Å². The second kappa shape index (κ2) is 7.63. The second-order valence-electron chi connectivity index (χ2n) is 6.21. The molecular weight excluding hydrogens is 366 g/mol. The van der Waals surface area contributed by atoms with E-state index in [1.165, 1.54) is 18.2 Å². The Morgan fingerprint density at radius 3 is 2.96 bits per heavy atom. The Labute approximate surface area is 159 Å². The van der Waals surface area contributed by atoms with E-state index in [0.717, 1.165) is 11.1 Å². The number of aromatic amines is 1. The summed E-state index contributed by atoms with van der Waals surface area (Å²) >= 11 is 0. The highest BCUT2D eigenvalue weighted by Gasteiger charge is 2.15. The highest BCUT2D eigenvalue weighted by molar-refractivity contribution is 5.76. The van der Waals surface area contributed by atoms with E-state index in [9.17, 15) is 8.78 Å². The van der Waals surface area contributed by atoms with Crippen LogP contribution in [-0.4, -0.2) is 38.1 Å². The predicted molar refractivity (Wildman–Crippen MR) is 100 cm³/mol. The first-order valence-corrected chi connectivity index (χ1v) is 8.74. The molecule has 144 valence electrons. The molecule has 0 spiro atoms. The standard InChI is InChI=1S/C19H18F2N6O/c1-12(15-8-14(21)2-3-17(15)28-7-5-20)25-18-4-6-27-19(26-18)16(11-24-27)13-9-22-23-10-13/h2-4,6,8-12H,5,7H2,1H3,(H,22,23)(H,25,26)/t12-/m1/s1. The van der Waals surface area contributed by atoms with Crippen molar-refractivity contribution in [3.8, 4) is 16.9 Å². The van der Waals surface area contributed by atoms with E-state index in [0.29, 0.717) is 22.8 Å². The molecule has 4 aromatic rings. The summed E-state index contributed by atoms with van der Waals surface area (Å²) in [4.78, 5) is 4.62. The number of anilines is 1. The number of halogens is 2. The molecule has 7 nitrogen and oxygen atoms in total. The first kappa shape index (κ1) is 17.9. The molecule has 4 rings (SSSR count). The van der Waals surface area contributed by atoms with E-state index in [-0.39, 0.29) is 12.6 Å². The van der Waals surface area contributed by atoms with Gasteiger partial charge in [-0.25, -0.2) is 18.3 Å². The largest absolute Gasteiger partial charge is 0.490 e. The zero-order chi connectivity index (χ0) is 19.5. The Bertz CT molecular complexity index is 1080. The number of alkyl halides is 1. The summed E-state index contributed by atoms with van der Waals surface area (Å²) in [6.45, 7) is 1.16. The molecule has 0 aliphatic heterocycles. The third-order valence-electron chi connectivity index (χ3n) is 4.32. The Morgan fingerprint density at radius 2 is 2.18 bits per heavy atom. The van der Waals surface area contributed by atoms with Gasteiger partial charge in [0.05, 0.1) is 18.4 Å². The molecule has 0 aliphatic carbocycles. The normalized spacial score (nSPS) is 12.2. The minimum atomic E-state index is -0.616. The van der Waals surface area contributed by atoms with Crippen LogP contribution in [0.25, 0.3) is 16.8 Å². The molecule has 0 fully saturated rings. The highest BCUT2D eigenvalue weighted by atomic mass is 19.1. The summed E-state index contributed by atoms with van der Waals surface area (Å²) in [6, 6.07) is 5.62. The van der Waals surface area contributed by atoms with Gasteiger partial charge in [0, 0.05) is 29.1 Å². The van der Waals surface area contributed by atoms with Gasteiger partial charge in [0.1, 0.15) is 30.7 Å². The van der Waals surface area contributed by atoms with Crippen LogP contribution in [0.15, 0.2) is 49.1 Å². The fourth-order valence-electron chi connectivity index (χ4n) is 2.99. The lowest BCUT2D eigenvalue weighted by Crippen LogP contribution is -2.11. The van der Waals surface area contributed by atoms with Crippen molar-refractivity contribution >= 4 is 11.5 Å². The molecule has 0 saturated carbocycles. The van der Waals surface area contributed by atoms with E-state index in [2.05, 4.69) is 25.6 Å². The SMILES string of the molecule is C[C@@H](Nc1ccn2ncc(-c3cn[nH]c3)c2n1)c1cc(F)ccc1OCCF. The monoisotopic (exact) mass is 384 g/mol. The minimum absolute atomic E-state index is 0.0839. The van der Waals surface area contributed by atoms with Crippen LogP contribution in [0.3, 0.4) is 0 Å². The van der Waals surface area contributed by atoms with Crippen molar-refractivity contribution in [1.29, 1.82) is 0 Å². The average Bonchev–Trinajstić information content (AvgIpc) is 3.36. The van der Waals surface area contributed by atoms with Gasteiger partial charge in [0.15, 0.2) is 5.65 Å². The van der Waals surface area contributed by atoms with Gasteiger partial charge in [-0.3, -0.25) is 5.10 Å². The summed E-state index contributed by atoms with van der Waals surface area (Å²) in [5.74, 6) is 0.632. The fourth-order valence-corrected chi connectivity index (χ4v) is 2.99. The molecule has 0 unspecified atom stereocenters. The third kappa shape index (κ3) is 3.51. The van der Waals surface area contributed by atoms with E-state index in [1.54, 1.807) is 35.4 Å². The Hall–Kier alpha value is -3.49. The minimum Gasteiger partial charge on any atom is -0.490 e. The van der Waals surface area contributed by atoms with Gasteiger partial charge in [-0.2, -0.15) is 10.2 Å². The number of fused-ring (bicyclic) bond motifs is 1. The van der Waals surface area contributed by atoms with Crippen molar-refractivity contribution in [3.05, 3.63) is 60.4 Å². The molecule has 3 heterocycles. The highest BCUT2D eigenvalue weighted by Crippen LogP contribution is 2.29. The number of hydrogen-bond donors (Lipinski definition) is 2. The molecule has 0 saturated heterocycles. The van der Waals surface area contributed by atoms with Crippen LogP contribution >= 0.6 is 0 Å². The lowest BCUT2D eigenvalue weighted by atomic mass is 10.1. The van der Waals surface area contributed by atoms with Gasteiger partial charge in [-0.05, 0) is 31.2 Å². The smallest absolute Gasteiger partial charge is 0.165 e. The topological polar surface area (TPSA) is 80.1 Å². The molecule has 1 aromatic carbocycles. The zero-order valence-electron chi connectivity index (χ0n) is 15.1. The number of nitrogens with one attached hydrogen (secondary N) is 2. The molecule has 1 atom stereocenters. The number of rotatable bonds is 7. The van der Waals surface area contributed by atoms with E-state index < -0.39 is 12.5 Å². The van der Waals surface area contributed by atoms with Crippen LogP contribution in [0.4, 0.5) is 14.6 Å². The fraction of sp³-hybridized carbons (Fsp3) is 0.211. The number of ether oxygens (including phenoxy) is 1. The number of hydrogen-bond acceptors (Lipinski definition) is 5. The third-order valence-corrected chi connectivity index (χ3v) is 4.32. The first-order valence-electron chi connectivity index (χ1n) is 8.74. The van der Waals surface area contributed by atoms with Crippen LogP contribution in [0.2, 0.25) is 0 Å². The van der Waals surface area contributed by atoms with Crippen LogP contribution in [-0.2, 0) is 0 Å². The molecule has 0 radical (unpaired) electrons. The van der Waals surface area contributed by atoms with Crippen LogP contribution in [0.5, 0.6) is 5.75 Å². The molecule has 9 heteroatoms. The molecule has 3 aromatic heterocycles. The number of nitrogens with zero attached hydrogens (tertiary/aromatic N) is 4. The van der Waals surface area contributed by atoms with E-state index >= 15 is 0 Å². The van der Waals surface area contributed by atoms with Gasteiger partial charge in [-0.1, -0.05) is 0 Å². The van der Waals surface area contributed by atoms with Crippen LogP contribution in [0, 0.1) is 5.82 Å². The number of aromatic nitrogens is 5. The van der Waals surface area contributed by atoms with Crippen molar-refractivity contribution in [1.82, 2.24) is 24.8 Å². The van der Waals surface area contributed by atoms with Crippen molar-refractivity contribution in [3.63, 3.8) is 0 Å². The van der Waals surface area contributed by atoms with Crippen LogP contribution < -0.4 is 10.1 Å². The number of H-pyrrole nitrogens is 1. The van der Waals surface area contributed by atoms with Crippen molar-refractivity contribution in [2.24, 2.45) is 0 Å². The molecule has 0 amide bonds. The van der Waals surface area contributed by atoms with Gasteiger partial charge in [-0.15, -0.1) is 0 Å². The second-order valence-corrected chi connectivity index (χ2v) is 6.21. The lowest BCUT2D eigenvalue weighted by molar-refractivity contribution is 0.270. The van der Waals surface area contributed by atoms with Gasteiger partial charge >= 0.3 is 0 Å². The maximum absolute atomic E-state index is 13.8. The average molecular weight is 384 g/mol. The van der Waals surface area contributed by atoms with Gasteiger partial charge < -0.3 is 10.1 Å². The summed E-state index contributed by atoms with van der Waals surface area (Å²) in [5, 5.41) is 14.3. The first-order chi connectivity index (χ1) is 13.7. The summed E-state index contributed by atoms with van der Waals surface area (Å²) in [5.41, 5.74) is 2.95. The maximum Gasteiger partial charge on any atom is 0.165 e. The van der Waals surface area contributed by atoms with Crippen molar-refractivity contribution < 1.29 is 13.5 Å². The van der Waals surface area contributed by atoms with Crippen LogP contribution in [0.1, 0.15) is 18.5 Å². The summed E-state index contributed by atoms with van der Waals surface area (Å²) in [6.07, 6.45) is 6.97. The molecule has 0 bridgehead atoms. The summed E-state index contributed by atoms with van der Waals surface area (Å²) < 4.78 is 33.3. The van der Waals surface area contributed by atoms with Gasteiger partial charge in [0.25, 0.3) is 0 Å². The Balaban J connectivity index is 1.63. The van der Waals surface area contributed by atoms with E-state index in [1.807, 2.05) is 6.92 Å². The lowest BCUT2D eigenvalue weighted by Gasteiger charge is -2.19. The quantitative estimate of drug-likeness (QED) is 0.507. The Morgan fingerprint density at radius 1 is 1.29 bits per heavy atom. The Kier molecular flexibility index (Phi) is 4.88. The van der Waals surface area contributed by atoms with Gasteiger partial charge in [0.2, 0.25) is 0 Å². The maximum atomic E-state index is 13.8. The predicted octanol–water partition coefficient (Wildman–Crippen LogP) is 3.78.